The molecule has 0 unspecified atom stereocenters. The molecule has 1 aliphatic heterocycles. The number of methoxy groups -OCH3 is 1. The van der Waals surface area contributed by atoms with Crippen LogP contribution in [0, 0.1) is 5.92 Å². The molecule has 0 aromatic heterocycles. The van der Waals surface area contributed by atoms with Crippen molar-refractivity contribution in [3.05, 3.63) is 24.3 Å². The summed E-state index contributed by atoms with van der Waals surface area (Å²) in [6.07, 6.45) is 0.784. The highest BCUT2D eigenvalue weighted by atomic mass is 16.5. The number of nitrogens with zero attached hydrogens (tertiary/aromatic N) is 1. The Hall–Kier alpha value is -2.28. The monoisotopic (exact) mass is 364 g/mol. The number of benzene rings is 1. The first-order valence-corrected chi connectivity index (χ1v) is 9.20. The number of nitrogens with one attached hydrogen (secondary N) is 2. The van der Waals surface area contributed by atoms with Gasteiger partial charge in [-0.2, -0.15) is 0 Å². The number of quaternary nitrogens is 1. The lowest BCUT2D eigenvalue weighted by Crippen LogP contribution is -3.16. The summed E-state index contributed by atoms with van der Waals surface area (Å²) in [6.45, 7) is 7.38. The lowest BCUT2D eigenvalue weighted by Gasteiger charge is -2.33. The van der Waals surface area contributed by atoms with Gasteiger partial charge in [-0.1, -0.05) is 32.4 Å². The predicted molar refractivity (Wildman–Crippen MR) is 99.3 cm³/mol. The van der Waals surface area contributed by atoms with Crippen LogP contribution in [0.25, 0.3) is 0 Å². The minimum Gasteiger partial charge on any atom is -0.506 e. The number of carbonyl (C=O) groups excluding carboxylic acids is 2. The van der Waals surface area contributed by atoms with E-state index in [9.17, 15) is 14.7 Å². The molecule has 0 saturated carbocycles. The third-order valence-electron chi connectivity index (χ3n) is 5.09. The molecule has 0 spiro atoms. The summed E-state index contributed by atoms with van der Waals surface area (Å²) in [7, 11) is 1.34. The number of esters is 1. The molecule has 7 nitrogen and oxygen atoms in total. The number of rotatable bonds is 7. The highest BCUT2D eigenvalue weighted by molar-refractivity contribution is 5.85. The third-order valence-corrected chi connectivity index (χ3v) is 5.09. The van der Waals surface area contributed by atoms with E-state index in [0.29, 0.717) is 6.54 Å². The number of hydrogen-bond acceptors (Lipinski definition) is 5. The molecule has 1 saturated heterocycles. The van der Waals surface area contributed by atoms with E-state index in [0.717, 1.165) is 38.3 Å². The maximum atomic E-state index is 12.4. The van der Waals surface area contributed by atoms with E-state index >= 15 is 0 Å². The van der Waals surface area contributed by atoms with E-state index in [4.69, 9.17) is 4.74 Å². The lowest BCUT2D eigenvalue weighted by molar-refractivity contribution is -0.892. The van der Waals surface area contributed by atoms with Crippen LogP contribution >= 0.6 is 0 Å². The Morgan fingerprint density at radius 1 is 1.31 bits per heavy atom. The van der Waals surface area contributed by atoms with Crippen LogP contribution in [0.4, 0.5) is 5.69 Å². The lowest BCUT2D eigenvalue weighted by atomic mass is 9.99. The van der Waals surface area contributed by atoms with Crippen LogP contribution in [0.3, 0.4) is 0 Å². The van der Waals surface area contributed by atoms with Crippen molar-refractivity contribution >= 4 is 17.6 Å². The zero-order chi connectivity index (χ0) is 19.1. The number of phenolic OH excluding ortho intramolecular Hbond substituents is 1. The summed E-state index contributed by atoms with van der Waals surface area (Å²) < 4.78 is 4.81. The summed E-state index contributed by atoms with van der Waals surface area (Å²) in [5, 5.41) is 12.8. The van der Waals surface area contributed by atoms with Gasteiger partial charge in [0.2, 0.25) is 0 Å². The van der Waals surface area contributed by atoms with Gasteiger partial charge in [-0.15, -0.1) is 0 Å². The highest BCUT2D eigenvalue weighted by Gasteiger charge is 2.29. The Balaban J connectivity index is 1.85. The van der Waals surface area contributed by atoms with Crippen LogP contribution in [0.15, 0.2) is 24.3 Å². The Bertz CT molecular complexity index is 615. The van der Waals surface area contributed by atoms with Gasteiger partial charge in [-0.3, -0.25) is 4.79 Å². The Morgan fingerprint density at radius 3 is 2.54 bits per heavy atom. The van der Waals surface area contributed by atoms with Gasteiger partial charge in [0.25, 0.3) is 5.91 Å². The number of phenols is 1. The van der Waals surface area contributed by atoms with Crippen LogP contribution in [-0.4, -0.2) is 62.9 Å². The fourth-order valence-corrected chi connectivity index (χ4v) is 3.22. The van der Waals surface area contributed by atoms with Crippen molar-refractivity contribution in [2.24, 2.45) is 5.92 Å². The number of para-hydroxylation sites is 2. The topological polar surface area (TPSA) is 83.3 Å². The fraction of sp³-hybridized carbons (Fsp3) is 0.579. The molecule has 144 valence electrons. The van der Waals surface area contributed by atoms with E-state index in [-0.39, 0.29) is 17.6 Å². The molecule has 1 aromatic carbocycles. The van der Waals surface area contributed by atoms with E-state index in [1.54, 1.807) is 12.1 Å². The normalized spacial score (nSPS) is 17.4. The first kappa shape index (κ1) is 20.0. The maximum Gasteiger partial charge on any atom is 0.328 e. The molecular formula is C19H30N3O4+. The van der Waals surface area contributed by atoms with Gasteiger partial charge < -0.3 is 25.0 Å². The summed E-state index contributed by atoms with van der Waals surface area (Å²) in [5.74, 6) is -0.221. The van der Waals surface area contributed by atoms with Gasteiger partial charge in [0, 0.05) is 0 Å². The minimum atomic E-state index is -0.598. The van der Waals surface area contributed by atoms with Gasteiger partial charge in [-0.25, -0.2) is 4.79 Å². The molecule has 2 rings (SSSR count). The largest absolute Gasteiger partial charge is 0.506 e. The van der Waals surface area contributed by atoms with Crippen molar-refractivity contribution in [1.29, 1.82) is 0 Å². The SMILES string of the molecule is CC[C@H](C)[C@@H](NC(=O)C[NH+]1CCN(c2ccccc2O)CC1)C(=O)OC. The Morgan fingerprint density at radius 2 is 1.96 bits per heavy atom. The first-order valence-electron chi connectivity index (χ1n) is 9.20. The zero-order valence-electron chi connectivity index (χ0n) is 15.8. The number of anilines is 1. The van der Waals surface area contributed by atoms with Crippen molar-refractivity contribution in [1.82, 2.24) is 5.32 Å². The second kappa shape index (κ2) is 9.43. The molecule has 1 amide bonds. The van der Waals surface area contributed by atoms with Crippen LogP contribution in [0.5, 0.6) is 5.75 Å². The number of carbonyl (C=O) groups is 2. The molecule has 2 atom stereocenters. The molecule has 0 radical (unpaired) electrons. The fourth-order valence-electron chi connectivity index (χ4n) is 3.22. The van der Waals surface area contributed by atoms with Gasteiger partial charge in [0.1, 0.15) is 11.8 Å². The quantitative estimate of drug-likeness (QED) is 0.584. The number of amides is 1. The van der Waals surface area contributed by atoms with E-state index in [1.807, 2.05) is 26.0 Å². The predicted octanol–water partition coefficient (Wildman–Crippen LogP) is -0.199. The summed E-state index contributed by atoms with van der Waals surface area (Å²) >= 11 is 0. The van der Waals surface area contributed by atoms with Gasteiger partial charge in [0.05, 0.1) is 39.0 Å². The average Bonchev–Trinajstić information content (AvgIpc) is 2.66. The average molecular weight is 364 g/mol. The van der Waals surface area contributed by atoms with E-state index in [1.165, 1.54) is 12.0 Å². The molecule has 1 aliphatic rings. The number of ether oxygens (including phenoxy) is 1. The minimum absolute atomic E-state index is 0.0271. The Labute approximate surface area is 154 Å². The summed E-state index contributed by atoms with van der Waals surface area (Å²) in [6, 6.07) is 6.70. The van der Waals surface area contributed by atoms with Crippen molar-refractivity contribution in [3.63, 3.8) is 0 Å². The van der Waals surface area contributed by atoms with Crippen molar-refractivity contribution in [3.8, 4) is 5.75 Å². The molecule has 1 aromatic rings. The number of hydrogen-bond donors (Lipinski definition) is 3. The molecule has 0 bridgehead atoms. The highest BCUT2D eigenvalue weighted by Crippen LogP contribution is 2.25. The third kappa shape index (κ3) is 5.11. The van der Waals surface area contributed by atoms with Crippen LogP contribution < -0.4 is 15.1 Å². The smallest absolute Gasteiger partial charge is 0.328 e. The molecule has 1 fully saturated rings. The van der Waals surface area contributed by atoms with Crippen molar-refractivity contribution in [2.45, 2.75) is 26.3 Å². The van der Waals surface area contributed by atoms with Gasteiger partial charge in [-0.05, 0) is 18.1 Å². The maximum absolute atomic E-state index is 12.4. The molecular weight excluding hydrogens is 334 g/mol. The number of aromatic hydroxyl groups is 1. The Kier molecular flexibility index (Phi) is 7.26. The molecule has 26 heavy (non-hydrogen) atoms. The second-order valence-corrected chi connectivity index (χ2v) is 6.86. The molecule has 0 aliphatic carbocycles. The molecule has 1 heterocycles. The van der Waals surface area contributed by atoms with E-state index < -0.39 is 12.0 Å². The van der Waals surface area contributed by atoms with Crippen molar-refractivity contribution in [2.75, 3.05) is 44.7 Å². The first-order chi connectivity index (χ1) is 12.5. The molecule has 7 heteroatoms. The second-order valence-electron chi connectivity index (χ2n) is 6.86. The van der Waals surface area contributed by atoms with Crippen LogP contribution in [-0.2, 0) is 14.3 Å². The van der Waals surface area contributed by atoms with Crippen LogP contribution in [0.1, 0.15) is 20.3 Å². The van der Waals surface area contributed by atoms with Gasteiger partial charge in [0.15, 0.2) is 6.54 Å². The van der Waals surface area contributed by atoms with Gasteiger partial charge >= 0.3 is 5.97 Å². The zero-order valence-corrected chi connectivity index (χ0v) is 15.8. The standard InChI is InChI=1S/C19H29N3O4/c1-4-14(2)18(19(25)26-3)20-17(24)13-21-9-11-22(12-10-21)15-7-5-6-8-16(15)23/h5-8,14,18,23H,4,9-13H2,1-3H3,(H,20,24)/p+1/t14-,18+/m0/s1. The van der Waals surface area contributed by atoms with Crippen LogP contribution in [0.2, 0.25) is 0 Å². The van der Waals surface area contributed by atoms with E-state index in [2.05, 4.69) is 10.2 Å². The number of piperazine rings is 1. The molecule has 3 N–H and O–H groups in total. The summed E-state index contributed by atoms with van der Waals surface area (Å²) in [5.41, 5.74) is 0.832. The summed E-state index contributed by atoms with van der Waals surface area (Å²) in [4.78, 5) is 27.6. The van der Waals surface area contributed by atoms with Crippen molar-refractivity contribution < 1.29 is 24.3 Å².